The largest absolute Gasteiger partial charge is 0.477 e. The van der Waals surface area contributed by atoms with Crippen LogP contribution in [0, 0.1) is 0 Å². The van der Waals surface area contributed by atoms with Crippen molar-refractivity contribution in [3.63, 3.8) is 0 Å². The van der Waals surface area contributed by atoms with Crippen LogP contribution in [0.25, 0.3) is 22.0 Å². The number of benzene rings is 3. The van der Waals surface area contributed by atoms with Gasteiger partial charge >= 0.3 is 12.0 Å². The highest BCUT2D eigenvalue weighted by molar-refractivity contribution is 6.02. The Kier molecular flexibility index (Phi) is 5.73. The third-order valence-electron chi connectivity index (χ3n) is 5.02. The first-order chi connectivity index (χ1) is 15.8. The predicted molar refractivity (Wildman–Crippen MR) is 126 cm³/mol. The summed E-state index contributed by atoms with van der Waals surface area (Å²) in [5.74, 6) is -1.62. The summed E-state index contributed by atoms with van der Waals surface area (Å²) < 4.78 is 1.12. The van der Waals surface area contributed by atoms with Crippen molar-refractivity contribution in [2.45, 2.75) is 6.92 Å². The fourth-order valence-corrected chi connectivity index (χ4v) is 3.59. The average molecular weight is 441 g/mol. The molecule has 8 nitrogen and oxygen atoms in total. The number of pyridine rings is 1. The first-order valence-corrected chi connectivity index (χ1v) is 10.0. The number of fused-ring (bicyclic) bond motifs is 1. The van der Waals surface area contributed by atoms with Crippen LogP contribution in [-0.4, -0.2) is 27.6 Å². The number of hydrogen-bond donors (Lipinski definition) is 3. The Morgan fingerprint density at radius 3 is 2.36 bits per heavy atom. The molecule has 0 saturated heterocycles. The third kappa shape index (κ3) is 4.35. The van der Waals surface area contributed by atoms with Gasteiger partial charge in [-0.3, -0.25) is 14.2 Å². The Bertz CT molecular complexity index is 1470. The van der Waals surface area contributed by atoms with Crippen LogP contribution in [0.4, 0.5) is 16.2 Å². The SMILES string of the molecule is CC(=O)Nc1cccc(-c2ccccc2NC(=O)n2cc(C(=O)O)c(=O)c3ccccc32)c1. The number of carbonyl (C=O) groups excluding carboxylic acids is 2. The molecule has 8 heteroatoms. The molecule has 0 fully saturated rings. The number of carbonyl (C=O) groups is 3. The molecule has 0 aliphatic heterocycles. The minimum absolute atomic E-state index is 0.129. The molecule has 1 heterocycles. The van der Waals surface area contributed by atoms with Gasteiger partial charge in [-0.15, -0.1) is 0 Å². The zero-order chi connectivity index (χ0) is 23.5. The second-order valence-electron chi connectivity index (χ2n) is 7.30. The summed E-state index contributed by atoms with van der Waals surface area (Å²) in [6, 6.07) is 19.9. The lowest BCUT2D eigenvalue weighted by Gasteiger charge is -2.15. The molecule has 3 N–H and O–H groups in total. The van der Waals surface area contributed by atoms with Gasteiger partial charge in [0.25, 0.3) is 0 Å². The average Bonchev–Trinajstić information content (AvgIpc) is 2.79. The molecular weight excluding hydrogens is 422 g/mol. The van der Waals surface area contributed by atoms with E-state index in [-0.39, 0.29) is 16.8 Å². The second-order valence-corrected chi connectivity index (χ2v) is 7.30. The van der Waals surface area contributed by atoms with Crippen LogP contribution in [0.5, 0.6) is 0 Å². The van der Waals surface area contributed by atoms with Crippen LogP contribution >= 0.6 is 0 Å². The molecule has 0 spiro atoms. The standard InChI is InChI=1S/C25H19N3O5/c1-15(29)26-17-8-6-7-16(13-17)18-9-2-4-11-21(18)27-25(33)28-14-20(24(31)32)23(30)19-10-3-5-12-22(19)28/h2-14H,1H3,(H,26,29)(H,27,33)(H,31,32). The highest BCUT2D eigenvalue weighted by Gasteiger charge is 2.18. The van der Waals surface area contributed by atoms with Gasteiger partial charge in [0.2, 0.25) is 11.3 Å². The first kappa shape index (κ1) is 21.5. The zero-order valence-corrected chi connectivity index (χ0v) is 17.5. The minimum Gasteiger partial charge on any atom is -0.477 e. The predicted octanol–water partition coefficient (Wildman–Crippen LogP) is 4.41. The van der Waals surface area contributed by atoms with Crippen molar-refractivity contribution in [2.24, 2.45) is 0 Å². The number of rotatable bonds is 4. The van der Waals surface area contributed by atoms with E-state index in [0.29, 0.717) is 16.9 Å². The van der Waals surface area contributed by atoms with Gasteiger partial charge in [0.05, 0.1) is 11.2 Å². The van der Waals surface area contributed by atoms with Crippen LogP contribution in [0.3, 0.4) is 0 Å². The monoisotopic (exact) mass is 441 g/mol. The Labute approximate surface area is 188 Å². The molecule has 2 amide bonds. The maximum Gasteiger partial charge on any atom is 0.341 e. The molecule has 0 radical (unpaired) electrons. The third-order valence-corrected chi connectivity index (χ3v) is 5.02. The summed E-state index contributed by atoms with van der Waals surface area (Å²) in [7, 11) is 0. The smallest absolute Gasteiger partial charge is 0.341 e. The molecule has 164 valence electrons. The first-order valence-electron chi connectivity index (χ1n) is 10.0. The zero-order valence-electron chi connectivity index (χ0n) is 17.5. The lowest BCUT2D eigenvalue weighted by Crippen LogP contribution is -2.25. The van der Waals surface area contributed by atoms with Crippen molar-refractivity contribution < 1.29 is 19.5 Å². The fraction of sp³-hybridized carbons (Fsp3) is 0.0400. The molecule has 1 aromatic heterocycles. The van der Waals surface area contributed by atoms with Crippen LogP contribution in [-0.2, 0) is 4.79 Å². The van der Waals surface area contributed by atoms with E-state index in [1.807, 2.05) is 18.2 Å². The highest BCUT2D eigenvalue weighted by atomic mass is 16.4. The molecule has 4 aromatic rings. The van der Waals surface area contributed by atoms with Crippen molar-refractivity contribution in [2.75, 3.05) is 10.6 Å². The molecule has 0 bridgehead atoms. The number of aromatic carboxylic acids is 1. The number of amides is 2. The number of nitrogens with zero attached hydrogens (tertiary/aromatic N) is 1. The normalized spacial score (nSPS) is 10.6. The van der Waals surface area contributed by atoms with E-state index in [0.717, 1.165) is 16.3 Å². The number of nitrogens with one attached hydrogen (secondary N) is 2. The van der Waals surface area contributed by atoms with Gasteiger partial charge < -0.3 is 15.7 Å². The Morgan fingerprint density at radius 1 is 0.879 bits per heavy atom. The van der Waals surface area contributed by atoms with Gasteiger partial charge in [0.15, 0.2) is 0 Å². The summed E-state index contributed by atoms with van der Waals surface area (Å²) in [6.07, 6.45) is 1.03. The van der Waals surface area contributed by atoms with Gasteiger partial charge in [-0.1, -0.05) is 42.5 Å². The van der Waals surface area contributed by atoms with E-state index in [1.165, 1.54) is 13.0 Å². The molecule has 0 atom stereocenters. The molecule has 0 saturated carbocycles. The van der Waals surface area contributed by atoms with Gasteiger partial charge in [-0.05, 0) is 35.9 Å². The van der Waals surface area contributed by atoms with Crippen molar-refractivity contribution in [3.8, 4) is 11.1 Å². The highest BCUT2D eigenvalue weighted by Crippen LogP contribution is 2.30. The quantitative estimate of drug-likeness (QED) is 0.434. The number of carboxylic acid groups (broad SMARTS) is 1. The van der Waals surface area contributed by atoms with Crippen LogP contribution < -0.4 is 16.1 Å². The van der Waals surface area contributed by atoms with Crippen LogP contribution in [0.1, 0.15) is 17.3 Å². The van der Waals surface area contributed by atoms with Crippen LogP contribution in [0.2, 0.25) is 0 Å². The van der Waals surface area contributed by atoms with E-state index in [4.69, 9.17) is 0 Å². The van der Waals surface area contributed by atoms with Crippen molar-refractivity contribution in [3.05, 3.63) is 94.8 Å². The van der Waals surface area contributed by atoms with Crippen molar-refractivity contribution >= 4 is 40.2 Å². The number of aromatic nitrogens is 1. The number of hydrogen-bond acceptors (Lipinski definition) is 4. The van der Waals surface area contributed by atoms with Crippen molar-refractivity contribution in [1.29, 1.82) is 0 Å². The van der Waals surface area contributed by atoms with Gasteiger partial charge in [-0.25, -0.2) is 9.59 Å². The molecule has 3 aromatic carbocycles. The van der Waals surface area contributed by atoms with Crippen LogP contribution in [0.15, 0.2) is 83.8 Å². The van der Waals surface area contributed by atoms with Gasteiger partial charge in [-0.2, -0.15) is 0 Å². The van der Waals surface area contributed by atoms with E-state index in [2.05, 4.69) is 10.6 Å². The molecule has 0 aliphatic carbocycles. The van der Waals surface area contributed by atoms with E-state index >= 15 is 0 Å². The lowest BCUT2D eigenvalue weighted by molar-refractivity contribution is -0.114. The summed E-state index contributed by atoms with van der Waals surface area (Å²) in [5.41, 5.74) is 1.67. The molecule has 0 unspecified atom stereocenters. The summed E-state index contributed by atoms with van der Waals surface area (Å²) in [4.78, 5) is 48.7. The van der Waals surface area contributed by atoms with E-state index in [9.17, 15) is 24.3 Å². The Morgan fingerprint density at radius 2 is 1.61 bits per heavy atom. The van der Waals surface area contributed by atoms with Crippen molar-refractivity contribution in [1.82, 2.24) is 4.57 Å². The molecular formula is C25H19N3O5. The number of carboxylic acids is 1. The summed E-state index contributed by atoms with van der Waals surface area (Å²) >= 11 is 0. The molecule has 33 heavy (non-hydrogen) atoms. The maximum atomic E-state index is 13.2. The minimum atomic E-state index is -1.41. The Balaban J connectivity index is 1.77. The van der Waals surface area contributed by atoms with E-state index in [1.54, 1.807) is 48.5 Å². The Hall–Kier alpha value is -4.72. The summed E-state index contributed by atoms with van der Waals surface area (Å²) in [6.45, 7) is 1.42. The fourth-order valence-electron chi connectivity index (χ4n) is 3.59. The summed E-state index contributed by atoms with van der Waals surface area (Å²) in [5, 5.41) is 15.1. The topological polar surface area (TPSA) is 118 Å². The van der Waals surface area contributed by atoms with Gasteiger partial charge in [0, 0.05) is 29.8 Å². The van der Waals surface area contributed by atoms with E-state index < -0.39 is 23.0 Å². The van der Waals surface area contributed by atoms with Gasteiger partial charge in [0.1, 0.15) is 5.56 Å². The second kappa shape index (κ2) is 8.80. The number of anilines is 2. The lowest BCUT2D eigenvalue weighted by atomic mass is 10.0. The number of para-hydroxylation sites is 2. The maximum absolute atomic E-state index is 13.2. The molecule has 4 rings (SSSR count). The molecule has 0 aliphatic rings.